The van der Waals surface area contributed by atoms with Gasteiger partial charge in [0.1, 0.15) is 0 Å². The molecular formula is C14H24N4O4. The Bertz CT molecular complexity index is 413. The second-order valence-corrected chi connectivity index (χ2v) is 5.93. The van der Waals surface area contributed by atoms with E-state index >= 15 is 0 Å². The minimum absolute atomic E-state index is 0.0821. The molecule has 0 aliphatic carbocycles. The van der Waals surface area contributed by atoms with E-state index in [4.69, 9.17) is 4.84 Å². The number of amides is 2. The number of hydroxylamine groups is 2. The van der Waals surface area contributed by atoms with Crippen molar-refractivity contribution in [2.24, 2.45) is 0 Å². The zero-order chi connectivity index (χ0) is 16.1. The van der Waals surface area contributed by atoms with Gasteiger partial charge in [-0.1, -0.05) is 0 Å². The number of hydrogen-bond acceptors (Lipinski definition) is 7. The van der Waals surface area contributed by atoms with E-state index in [0.717, 1.165) is 39.3 Å². The summed E-state index contributed by atoms with van der Waals surface area (Å²) in [5, 5.41) is 0.608. The zero-order valence-corrected chi connectivity index (χ0v) is 13.3. The van der Waals surface area contributed by atoms with Crippen LogP contribution >= 0.6 is 0 Å². The second-order valence-electron chi connectivity index (χ2n) is 5.93. The Morgan fingerprint density at radius 2 is 1.36 bits per heavy atom. The number of likely N-dealkylation sites (N-methyl/N-ethyl adjacent to an activating group) is 2. The van der Waals surface area contributed by atoms with Crippen LogP contribution in [0.3, 0.4) is 0 Å². The van der Waals surface area contributed by atoms with Crippen molar-refractivity contribution in [1.82, 2.24) is 19.8 Å². The average molecular weight is 312 g/mol. The molecule has 0 saturated carbocycles. The SMILES string of the molecule is CN1CCN(C)CCN(CC(=O)ON2C(=O)CCC2=O)CC1. The van der Waals surface area contributed by atoms with Crippen molar-refractivity contribution < 1.29 is 19.2 Å². The molecular weight excluding hydrogens is 288 g/mol. The van der Waals surface area contributed by atoms with Crippen LogP contribution < -0.4 is 0 Å². The molecule has 0 aromatic heterocycles. The molecule has 2 saturated heterocycles. The lowest BCUT2D eigenvalue weighted by Gasteiger charge is -2.23. The van der Waals surface area contributed by atoms with Crippen LogP contribution in [0.15, 0.2) is 0 Å². The van der Waals surface area contributed by atoms with Gasteiger partial charge in [-0.2, -0.15) is 0 Å². The Balaban J connectivity index is 1.85. The first kappa shape index (κ1) is 16.9. The van der Waals surface area contributed by atoms with Crippen LogP contribution in [-0.4, -0.2) is 97.5 Å². The van der Waals surface area contributed by atoms with E-state index in [0.29, 0.717) is 5.06 Å². The Hall–Kier alpha value is -1.51. The molecule has 0 atom stereocenters. The van der Waals surface area contributed by atoms with Gasteiger partial charge in [0.25, 0.3) is 11.8 Å². The number of carbonyl (C=O) groups excluding carboxylic acids is 3. The summed E-state index contributed by atoms with van der Waals surface area (Å²) in [5.74, 6) is -1.45. The fourth-order valence-corrected chi connectivity index (χ4v) is 2.43. The van der Waals surface area contributed by atoms with E-state index < -0.39 is 17.8 Å². The van der Waals surface area contributed by atoms with Gasteiger partial charge in [-0.3, -0.25) is 14.5 Å². The Morgan fingerprint density at radius 3 is 1.86 bits per heavy atom. The van der Waals surface area contributed by atoms with E-state index in [9.17, 15) is 14.4 Å². The quantitative estimate of drug-likeness (QED) is 0.604. The monoisotopic (exact) mass is 312 g/mol. The molecule has 22 heavy (non-hydrogen) atoms. The van der Waals surface area contributed by atoms with Crippen LogP contribution in [0.2, 0.25) is 0 Å². The fraction of sp³-hybridized carbons (Fsp3) is 0.786. The molecule has 2 fully saturated rings. The standard InChI is InChI=1S/C14H24N4O4/c1-15-5-6-16(2)8-10-17(9-7-15)11-14(21)22-18-12(19)3-4-13(18)20/h3-11H2,1-2H3. The van der Waals surface area contributed by atoms with E-state index in [-0.39, 0.29) is 19.4 Å². The molecule has 8 heteroatoms. The predicted octanol–water partition coefficient (Wildman–Crippen LogP) is -1.23. The minimum Gasteiger partial charge on any atom is -0.329 e. The van der Waals surface area contributed by atoms with Gasteiger partial charge in [0, 0.05) is 52.1 Å². The molecule has 0 aromatic rings. The lowest BCUT2D eigenvalue weighted by molar-refractivity contribution is -0.198. The van der Waals surface area contributed by atoms with Gasteiger partial charge in [-0.25, -0.2) is 4.79 Å². The van der Waals surface area contributed by atoms with E-state index in [1.165, 1.54) is 0 Å². The van der Waals surface area contributed by atoms with Crippen molar-refractivity contribution in [2.45, 2.75) is 12.8 Å². The highest BCUT2D eigenvalue weighted by molar-refractivity contribution is 6.01. The maximum atomic E-state index is 12.0. The molecule has 0 aromatic carbocycles. The van der Waals surface area contributed by atoms with Crippen molar-refractivity contribution in [2.75, 3.05) is 59.9 Å². The van der Waals surface area contributed by atoms with Crippen molar-refractivity contribution in [1.29, 1.82) is 0 Å². The summed E-state index contributed by atoms with van der Waals surface area (Å²) >= 11 is 0. The van der Waals surface area contributed by atoms with Crippen molar-refractivity contribution >= 4 is 17.8 Å². The summed E-state index contributed by atoms with van der Waals surface area (Å²) < 4.78 is 0. The third kappa shape index (κ3) is 4.75. The maximum absolute atomic E-state index is 12.0. The van der Waals surface area contributed by atoms with Gasteiger partial charge in [-0.15, -0.1) is 5.06 Å². The van der Waals surface area contributed by atoms with E-state index in [1.54, 1.807) is 0 Å². The van der Waals surface area contributed by atoms with E-state index in [1.807, 2.05) is 4.90 Å². The molecule has 2 aliphatic rings. The van der Waals surface area contributed by atoms with Gasteiger partial charge in [0.15, 0.2) is 0 Å². The molecule has 8 nitrogen and oxygen atoms in total. The highest BCUT2D eigenvalue weighted by atomic mass is 16.7. The number of imide groups is 1. The Kier molecular flexibility index (Phi) is 5.87. The number of hydrogen-bond donors (Lipinski definition) is 0. The van der Waals surface area contributed by atoms with Gasteiger partial charge in [0.05, 0.1) is 6.54 Å². The minimum atomic E-state index is -0.562. The third-order valence-electron chi connectivity index (χ3n) is 4.01. The zero-order valence-electron chi connectivity index (χ0n) is 13.3. The molecule has 0 unspecified atom stereocenters. The van der Waals surface area contributed by atoms with Gasteiger partial charge < -0.3 is 14.6 Å². The average Bonchev–Trinajstić information content (AvgIpc) is 2.82. The summed E-state index contributed by atoms with van der Waals surface area (Å²) in [5.41, 5.74) is 0. The first-order valence-corrected chi connectivity index (χ1v) is 7.61. The molecule has 0 N–H and O–H groups in total. The summed E-state index contributed by atoms with van der Waals surface area (Å²) in [4.78, 5) is 46.2. The highest BCUT2D eigenvalue weighted by Crippen LogP contribution is 2.12. The largest absolute Gasteiger partial charge is 0.347 e. The molecule has 0 spiro atoms. The summed E-state index contributed by atoms with van der Waals surface area (Å²) in [6.45, 7) is 5.30. The lowest BCUT2D eigenvalue weighted by atomic mass is 10.4. The van der Waals surface area contributed by atoms with Gasteiger partial charge in [-0.05, 0) is 14.1 Å². The third-order valence-corrected chi connectivity index (χ3v) is 4.01. The molecule has 2 rings (SSSR count). The van der Waals surface area contributed by atoms with Crippen molar-refractivity contribution in [3.63, 3.8) is 0 Å². The normalized spacial score (nSPS) is 23.3. The Morgan fingerprint density at radius 1 is 0.909 bits per heavy atom. The molecule has 0 radical (unpaired) electrons. The summed E-state index contributed by atoms with van der Waals surface area (Å²) in [7, 11) is 4.11. The second kappa shape index (κ2) is 7.66. The van der Waals surface area contributed by atoms with Crippen LogP contribution in [0, 0.1) is 0 Å². The maximum Gasteiger partial charge on any atom is 0.347 e. The number of rotatable bonds is 3. The van der Waals surface area contributed by atoms with Crippen LogP contribution in [0.25, 0.3) is 0 Å². The highest BCUT2D eigenvalue weighted by Gasteiger charge is 2.33. The number of nitrogens with zero attached hydrogens (tertiary/aromatic N) is 4. The predicted molar refractivity (Wildman–Crippen MR) is 78.6 cm³/mol. The van der Waals surface area contributed by atoms with Crippen LogP contribution in [0.1, 0.15) is 12.8 Å². The molecule has 124 valence electrons. The fourth-order valence-electron chi connectivity index (χ4n) is 2.43. The topological polar surface area (TPSA) is 73.4 Å². The van der Waals surface area contributed by atoms with Crippen molar-refractivity contribution in [3.8, 4) is 0 Å². The Labute approximate surface area is 130 Å². The smallest absolute Gasteiger partial charge is 0.329 e. The summed E-state index contributed by atoms with van der Waals surface area (Å²) in [6.07, 6.45) is 0.233. The number of carbonyl (C=O) groups is 3. The lowest BCUT2D eigenvalue weighted by Crippen LogP contribution is -2.41. The van der Waals surface area contributed by atoms with Gasteiger partial charge in [0.2, 0.25) is 0 Å². The van der Waals surface area contributed by atoms with Crippen LogP contribution in [-0.2, 0) is 19.2 Å². The van der Waals surface area contributed by atoms with E-state index in [2.05, 4.69) is 23.9 Å². The van der Waals surface area contributed by atoms with Crippen LogP contribution in [0.4, 0.5) is 0 Å². The molecule has 2 heterocycles. The van der Waals surface area contributed by atoms with Crippen molar-refractivity contribution in [3.05, 3.63) is 0 Å². The first-order valence-electron chi connectivity index (χ1n) is 7.61. The summed E-state index contributed by atoms with van der Waals surface area (Å²) in [6, 6.07) is 0. The molecule has 0 bridgehead atoms. The van der Waals surface area contributed by atoms with Gasteiger partial charge >= 0.3 is 5.97 Å². The molecule has 2 aliphatic heterocycles. The van der Waals surface area contributed by atoms with Crippen LogP contribution in [0.5, 0.6) is 0 Å². The first-order chi connectivity index (χ1) is 10.5. The molecule has 2 amide bonds.